The molecule has 86 valence electrons. The van der Waals surface area contributed by atoms with Gasteiger partial charge in [-0.2, -0.15) is 0 Å². The predicted molar refractivity (Wildman–Crippen MR) is 59.6 cm³/mol. The van der Waals surface area contributed by atoms with Crippen molar-refractivity contribution < 1.29 is 15.0 Å². The second-order valence-corrected chi connectivity index (χ2v) is 4.30. The van der Waals surface area contributed by atoms with Crippen molar-refractivity contribution in [2.45, 2.75) is 19.0 Å². The van der Waals surface area contributed by atoms with Gasteiger partial charge in [-0.25, -0.2) is 4.79 Å². The summed E-state index contributed by atoms with van der Waals surface area (Å²) in [5.74, 6) is 0. The summed E-state index contributed by atoms with van der Waals surface area (Å²) in [5.41, 5.74) is 1.97. The Morgan fingerprint density at radius 2 is 2.25 bits per heavy atom. The molecule has 1 amide bonds. The summed E-state index contributed by atoms with van der Waals surface area (Å²) in [6, 6.07) is 5.09. The molecule has 1 unspecified atom stereocenters. The number of carboxylic acid groups (broad SMARTS) is 1. The van der Waals surface area contributed by atoms with E-state index in [9.17, 15) is 4.79 Å². The highest BCUT2D eigenvalue weighted by Crippen LogP contribution is 2.25. The lowest BCUT2D eigenvalue weighted by atomic mass is 9.95. The van der Waals surface area contributed by atoms with Crippen LogP contribution in [-0.4, -0.2) is 33.9 Å². The number of nitrogens with zero attached hydrogens (tertiary/aromatic N) is 1. The van der Waals surface area contributed by atoms with E-state index in [-0.39, 0.29) is 19.2 Å². The number of amides is 1. The SMILES string of the molecule is O=C(O)N1Cc2cc(Cl)ccc2CC1CO. The Morgan fingerprint density at radius 3 is 2.88 bits per heavy atom. The van der Waals surface area contributed by atoms with Gasteiger partial charge in [0.2, 0.25) is 0 Å². The number of fused-ring (bicyclic) bond motifs is 1. The lowest BCUT2D eigenvalue weighted by molar-refractivity contribution is 0.0874. The molecule has 5 heteroatoms. The average molecular weight is 242 g/mol. The van der Waals surface area contributed by atoms with E-state index in [4.69, 9.17) is 21.8 Å². The topological polar surface area (TPSA) is 60.8 Å². The third kappa shape index (κ3) is 1.99. The summed E-state index contributed by atoms with van der Waals surface area (Å²) in [7, 11) is 0. The largest absolute Gasteiger partial charge is 0.465 e. The maximum Gasteiger partial charge on any atom is 0.407 e. The summed E-state index contributed by atoms with van der Waals surface area (Å²) >= 11 is 5.86. The molecule has 1 aromatic rings. The fourth-order valence-corrected chi connectivity index (χ4v) is 2.20. The van der Waals surface area contributed by atoms with E-state index in [1.165, 1.54) is 4.90 Å². The van der Waals surface area contributed by atoms with E-state index in [1.54, 1.807) is 12.1 Å². The van der Waals surface area contributed by atoms with Crippen molar-refractivity contribution in [3.63, 3.8) is 0 Å². The minimum Gasteiger partial charge on any atom is -0.465 e. The first kappa shape index (κ1) is 11.2. The molecule has 0 spiro atoms. The summed E-state index contributed by atoms with van der Waals surface area (Å²) in [5, 5.41) is 18.8. The van der Waals surface area contributed by atoms with Gasteiger partial charge in [0.1, 0.15) is 0 Å². The molecule has 4 nitrogen and oxygen atoms in total. The summed E-state index contributed by atoms with van der Waals surface area (Å²) < 4.78 is 0. The maximum absolute atomic E-state index is 11.0. The molecule has 0 radical (unpaired) electrons. The molecule has 0 bridgehead atoms. The lowest BCUT2D eigenvalue weighted by Crippen LogP contribution is -2.45. The van der Waals surface area contributed by atoms with Crippen LogP contribution in [0.4, 0.5) is 4.79 Å². The second kappa shape index (κ2) is 4.31. The third-order valence-electron chi connectivity index (χ3n) is 2.86. The first-order valence-electron chi connectivity index (χ1n) is 4.99. The molecule has 0 aromatic heterocycles. The van der Waals surface area contributed by atoms with Crippen LogP contribution < -0.4 is 0 Å². The highest BCUT2D eigenvalue weighted by atomic mass is 35.5. The fourth-order valence-electron chi connectivity index (χ4n) is 2.00. The van der Waals surface area contributed by atoms with Gasteiger partial charge in [-0.15, -0.1) is 0 Å². The van der Waals surface area contributed by atoms with Crippen LogP contribution in [0.25, 0.3) is 0 Å². The molecule has 1 heterocycles. The minimum atomic E-state index is -1.01. The van der Waals surface area contributed by atoms with Crippen molar-refractivity contribution in [2.24, 2.45) is 0 Å². The van der Waals surface area contributed by atoms with E-state index in [0.29, 0.717) is 11.4 Å². The van der Waals surface area contributed by atoms with Gasteiger partial charge in [0.25, 0.3) is 0 Å². The van der Waals surface area contributed by atoms with Crippen molar-refractivity contribution in [1.29, 1.82) is 0 Å². The van der Waals surface area contributed by atoms with Crippen molar-refractivity contribution in [3.05, 3.63) is 34.3 Å². The van der Waals surface area contributed by atoms with Crippen LogP contribution in [0.5, 0.6) is 0 Å². The normalized spacial score (nSPS) is 19.4. The van der Waals surface area contributed by atoms with Gasteiger partial charge in [-0.1, -0.05) is 17.7 Å². The first-order valence-corrected chi connectivity index (χ1v) is 5.37. The Balaban J connectivity index is 2.34. The van der Waals surface area contributed by atoms with Gasteiger partial charge in [-0.05, 0) is 29.7 Å². The molecule has 2 N–H and O–H groups in total. The molecule has 1 aliphatic heterocycles. The average Bonchev–Trinajstić information content (AvgIpc) is 2.27. The third-order valence-corrected chi connectivity index (χ3v) is 3.10. The molecule has 16 heavy (non-hydrogen) atoms. The Kier molecular flexibility index (Phi) is 3.03. The molecule has 2 rings (SSSR count). The number of carbonyl (C=O) groups is 1. The van der Waals surface area contributed by atoms with Gasteiger partial charge < -0.3 is 10.2 Å². The van der Waals surface area contributed by atoms with Crippen LogP contribution in [0, 0.1) is 0 Å². The highest BCUT2D eigenvalue weighted by Gasteiger charge is 2.28. The number of halogens is 1. The van der Waals surface area contributed by atoms with Crippen molar-refractivity contribution >= 4 is 17.7 Å². The van der Waals surface area contributed by atoms with Gasteiger partial charge in [-0.3, -0.25) is 4.90 Å². The Morgan fingerprint density at radius 1 is 1.50 bits per heavy atom. The van der Waals surface area contributed by atoms with E-state index in [1.807, 2.05) is 6.07 Å². The number of hydrogen-bond donors (Lipinski definition) is 2. The molecular weight excluding hydrogens is 230 g/mol. The summed E-state index contributed by atoms with van der Waals surface area (Å²) in [4.78, 5) is 12.2. The summed E-state index contributed by atoms with van der Waals surface area (Å²) in [6.45, 7) is 0.130. The quantitative estimate of drug-likeness (QED) is 0.787. The van der Waals surface area contributed by atoms with Gasteiger partial charge in [0, 0.05) is 11.6 Å². The highest BCUT2D eigenvalue weighted by molar-refractivity contribution is 6.30. The fraction of sp³-hybridized carbons (Fsp3) is 0.364. The zero-order chi connectivity index (χ0) is 11.7. The van der Waals surface area contributed by atoms with Gasteiger partial charge in [0.15, 0.2) is 0 Å². The number of aliphatic hydroxyl groups excluding tert-OH is 1. The Labute approximate surface area is 98.1 Å². The zero-order valence-electron chi connectivity index (χ0n) is 8.56. The van der Waals surface area contributed by atoms with Crippen molar-refractivity contribution in [3.8, 4) is 0 Å². The molecule has 0 saturated carbocycles. The van der Waals surface area contributed by atoms with Crippen LogP contribution in [0.3, 0.4) is 0 Å². The van der Waals surface area contributed by atoms with Crippen LogP contribution >= 0.6 is 11.6 Å². The second-order valence-electron chi connectivity index (χ2n) is 3.86. The van der Waals surface area contributed by atoms with Gasteiger partial charge in [0.05, 0.1) is 12.6 Å². The minimum absolute atomic E-state index is 0.158. The maximum atomic E-state index is 11.0. The van der Waals surface area contributed by atoms with Gasteiger partial charge >= 0.3 is 6.09 Å². The molecule has 0 fully saturated rings. The smallest absolute Gasteiger partial charge is 0.407 e. The van der Waals surface area contributed by atoms with E-state index < -0.39 is 6.09 Å². The molecule has 0 saturated heterocycles. The van der Waals surface area contributed by atoms with E-state index in [2.05, 4.69) is 0 Å². The standard InChI is InChI=1S/C11H12ClNO3/c12-9-2-1-7-4-10(6-14)13(11(15)16)5-8(7)3-9/h1-3,10,14H,4-6H2,(H,15,16). The van der Waals surface area contributed by atoms with Crippen molar-refractivity contribution in [2.75, 3.05) is 6.61 Å². The molecule has 1 aliphatic rings. The molecule has 0 aliphatic carbocycles. The number of aliphatic hydroxyl groups is 1. The molecule has 1 aromatic carbocycles. The van der Waals surface area contributed by atoms with Crippen LogP contribution in [0.15, 0.2) is 18.2 Å². The van der Waals surface area contributed by atoms with E-state index >= 15 is 0 Å². The molecule has 1 atom stereocenters. The summed E-state index contributed by atoms with van der Waals surface area (Å²) in [6.07, 6.45) is -0.473. The lowest BCUT2D eigenvalue weighted by Gasteiger charge is -2.33. The van der Waals surface area contributed by atoms with Crippen LogP contribution in [0.2, 0.25) is 5.02 Å². The Bertz CT molecular complexity index is 422. The molecular formula is C11H12ClNO3. The monoisotopic (exact) mass is 241 g/mol. The number of hydrogen-bond acceptors (Lipinski definition) is 2. The van der Waals surface area contributed by atoms with Crippen LogP contribution in [0.1, 0.15) is 11.1 Å². The van der Waals surface area contributed by atoms with Crippen molar-refractivity contribution in [1.82, 2.24) is 4.90 Å². The predicted octanol–water partition coefficient (Wildman–Crippen LogP) is 1.74. The van der Waals surface area contributed by atoms with E-state index in [0.717, 1.165) is 11.1 Å². The first-order chi connectivity index (χ1) is 7.61. The van der Waals surface area contributed by atoms with Crippen LogP contribution in [-0.2, 0) is 13.0 Å². The number of rotatable bonds is 1. The zero-order valence-corrected chi connectivity index (χ0v) is 9.31. The Hall–Kier alpha value is -1.26. The number of benzene rings is 1.